The lowest BCUT2D eigenvalue weighted by Crippen LogP contribution is -2.48. The van der Waals surface area contributed by atoms with Crippen molar-refractivity contribution in [2.45, 2.75) is 74.3 Å². The third-order valence-corrected chi connectivity index (χ3v) is 14.0. The number of amides is 4. The summed E-state index contributed by atoms with van der Waals surface area (Å²) in [7, 11) is 6.74. The number of methoxy groups -OCH3 is 2. The summed E-state index contributed by atoms with van der Waals surface area (Å²) >= 11 is 0. The van der Waals surface area contributed by atoms with Gasteiger partial charge in [-0.25, -0.2) is 9.59 Å². The zero-order valence-corrected chi connectivity index (χ0v) is 40.6. The molecule has 2 aliphatic rings. The maximum Gasteiger partial charge on any atom is 0.415 e. The van der Waals surface area contributed by atoms with E-state index in [4.69, 9.17) is 18.9 Å². The number of hydrogen-bond donors (Lipinski definition) is 2. The second-order valence-electron chi connectivity index (χ2n) is 18.1. The highest BCUT2D eigenvalue weighted by Gasteiger charge is 2.41. The van der Waals surface area contributed by atoms with Gasteiger partial charge in [0.15, 0.2) is 0 Å². The van der Waals surface area contributed by atoms with Crippen LogP contribution in [0.4, 0.5) is 9.59 Å². The number of carbonyl (C=O) groups excluding carboxylic acids is 4. The average molecular weight is 945 g/mol. The Balaban J connectivity index is 0.000000206. The van der Waals surface area contributed by atoms with Gasteiger partial charge < -0.3 is 39.4 Å². The number of rotatable bonds is 14. The second-order valence-corrected chi connectivity index (χ2v) is 18.1. The normalized spacial score (nSPS) is 19.4. The minimum absolute atomic E-state index is 0.0768. The van der Waals surface area contributed by atoms with Gasteiger partial charge in [0.05, 0.1) is 25.3 Å². The first-order valence-electron chi connectivity index (χ1n) is 24.0. The van der Waals surface area contributed by atoms with Crippen molar-refractivity contribution in [1.82, 2.24) is 20.4 Å². The SMILES string of the molecule is COc1ccccc1C(=O)NCC1(c2ccccc2)CCC(N(C)C(=O)Oc2ccccc2)CC1.COc1ccccc1C(=O)NCC1(c2ccccc2)CCC(N(C)C(=O)Oc2ccccc2)CC1. The zero-order valence-electron chi connectivity index (χ0n) is 40.6. The molecule has 364 valence electrons. The Morgan fingerprint density at radius 3 is 1.09 bits per heavy atom. The molecule has 2 saturated carbocycles. The monoisotopic (exact) mass is 944 g/mol. The lowest BCUT2D eigenvalue weighted by Gasteiger charge is -2.43. The van der Waals surface area contributed by atoms with Gasteiger partial charge in [-0.05, 0) is 111 Å². The Bertz CT molecular complexity index is 2430. The summed E-state index contributed by atoms with van der Waals surface area (Å²) in [6, 6.07) is 53.6. The van der Waals surface area contributed by atoms with Crippen molar-refractivity contribution in [3.8, 4) is 23.0 Å². The predicted molar refractivity (Wildman–Crippen MR) is 272 cm³/mol. The molecule has 2 fully saturated rings. The molecule has 0 aromatic heterocycles. The molecule has 6 aromatic rings. The smallest absolute Gasteiger partial charge is 0.415 e. The predicted octanol–water partition coefficient (Wildman–Crippen LogP) is 10.9. The summed E-state index contributed by atoms with van der Waals surface area (Å²) in [4.78, 5) is 54.9. The van der Waals surface area contributed by atoms with E-state index in [9.17, 15) is 19.2 Å². The lowest BCUT2D eigenvalue weighted by atomic mass is 9.68. The summed E-state index contributed by atoms with van der Waals surface area (Å²) in [5.41, 5.74) is 3.03. The molecule has 6 aromatic carbocycles. The van der Waals surface area contributed by atoms with Gasteiger partial charge in [-0.15, -0.1) is 0 Å². The summed E-state index contributed by atoms with van der Waals surface area (Å²) in [5.74, 6) is 1.89. The molecule has 12 heteroatoms. The van der Waals surface area contributed by atoms with E-state index < -0.39 is 0 Å². The maximum atomic E-state index is 13.0. The van der Waals surface area contributed by atoms with Crippen LogP contribution in [0, 0.1) is 0 Å². The van der Waals surface area contributed by atoms with E-state index in [2.05, 4.69) is 34.9 Å². The van der Waals surface area contributed by atoms with Gasteiger partial charge in [-0.3, -0.25) is 9.59 Å². The van der Waals surface area contributed by atoms with Gasteiger partial charge >= 0.3 is 12.2 Å². The highest BCUT2D eigenvalue weighted by molar-refractivity contribution is 5.97. The number of para-hydroxylation sites is 4. The Morgan fingerprint density at radius 2 is 0.757 bits per heavy atom. The topological polar surface area (TPSA) is 136 Å². The van der Waals surface area contributed by atoms with Gasteiger partial charge in [-0.2, -0.15) is 0 Å². The molecule has 70 heavy (non-hydrogen) atoms. The van der Waals surface area contributed by atoms with Crippen molar-refractivity contribution >= 4 is 24.0 Å². The lowest BCUT2D eigenvalue weighted by molar-refractivity contribution is 0.0908. The van der Waals surface area contributed by atoms with Crippen LogP contribution in [0.1, 0.15) is 83.2 Å². The second kappa shape index (κ2) is 24.1. The van der Waals surface area contributed by atoms with Crippen LogP contribution < -0.4 is 29.6 Å². The van der Waals surface area contributed by atoms with Gasteiger partial charge in [0.25, 0.3) is 11.8 Å². The maximum absolute atomic E-state index is 13.0. The van der Waals surface area contributed by atoms with Crippen LogP contribution in [0.5, 0.6) is 23.0 Å². The third-order valence-electron chi connectivity index (χ3n) is 14.0. The Labute approximate surface area is 411 Å². The minimum atomic E-state index is -0.349. The van der Waals surface area contributed by atoms with E-state index in [1.54, 1.807) is 86.6 Å². The highest BCUT2D eigenvalue weighted by Crippen LogP contribution is 2.42. The van der Waals surface area contributed by atoms with Crippen molar-refractivity contribution in [2.75, 3.05) is 41.4 Å². The summed E-state index contributed by atoms with van der Waals surface area (Å²) in [5, 5.41) is 6.32. The van der Waals surface area contributed by atoms with Gasteiger partial charge in [0, 0.05) is 50.1 Å². The molecule has 0 atom stereocenters. The van der Waals surface area contributed by atoms with E-state index in [-0.39, 0.29) is 46.9 Å². The van der Waals surface area contributed by atoms with Crippen LogP contribution in [0.3, 0.4) is 0 Å². The van der Waals surface area contributed by atoms with Crippen LogP contribution >= 0.6 is 0 Å². The van der Waals surface area contributed by atoms with Gasteiger partial charge in [0.1, 0.15) is 23.0 Å². The highest BCUT2D eigenvalue weighted by atomic mass is 16.6. The third kappa shape index (κ3) is 12.5. The van der Waals surface area contributed by atoms with Crippen molar-refractivity contribution in [3.05, 3.63) is 192 Å². The minimum Gasteiger partial charge on any atom is -0.496 e. The van der Waals surface area contributed by atoms with Crippen LogP contribution in [0.15, 0.2) is 170 Å². The first-order valence-corrected chi connectivity index (χ1v) is 24.0. The molecule has 0 aliphatic heterocycles. The van der Waals surface area contributed by atoms with Crippen molar-refractivity contribution in [1.29, 1.82) is 0 Å². The van der Waals surface area contributed by atoms with E-state index in [1.165, 1.54) is 11.1 Å². The zero-order chi connectivity index (χ0) is 49.4. The molecule has 2 aliphatic carbocycles. The number of carbonyl (C=O) groups is 4. The molecule has 8 rings (SSSR count). The number of nitrogens with zero attached hydrogens (tertiary/aromatic N) is 2. The van der Waals surface area contributed by atoms with E-state index in [1.807, 2.05) is 97.1 Å². The molecule has 0 spiro atoms. The van der Waals surface area contributed by atoms with Crippen LogP contribution in [0.25, 0.3) is 0 Å². The fourth-order valence-corrected chi connectivity index (χ4v) is 9.78. The van der Waals surface area contributed by atoms with E-state index >= 15 is 0 Å². The largest absolute Gasteiger partial charge is 0.496 e. The number of nitrogens with one attached hydrogen (secondary N) is 2. The summed E-state index contributed by atoms with van der Waals surface area (Å²) < 4.78 is 21.8. The molecular weight excluding hydrogens is 881 g/mol. The van der Waals surface area contributed by atoms with E-state index in [0.717, 1.165) is 51.4 Å². The molecule has 0 bridgehead atoms. The first-order chi connectivity index (χ1) is 34.0. The van der Waals surface area contributed by atoms with Crippen LogP contribution in [-0.2, 0) is 10.8 Å². The number of ether oxygens (including phenoxy) is 4. The summed E-state index contributed by atoms with van der Waals surface area (Å²) in [6.07, 6.45) is 5.96. The van der Waals surface area contributed by atoms with Gasteiger partial charge in [-0.1, -0.05) is 121 Å². The van der Waals surface area contributed by atoms with E-state index in [0.29, 0.717) is 47.2 Å². The van der Waals surface area contributed by atoms with Gasteiger partial charge in [0.2, 0.25) is 0 Å². The van der Waals surface area contributed by atoms with Crippen molar-refractivity contribution < 1.29 is 38.1 Å². The Hall–Kier alpha value is -7.60. The molecular formula is C58H64N4O8. The number of benzene rings is 6. The Morgan fingerprint density at radius 1 is 0.457 bits per heavy atom. The Kier molecular flexibility index (Phi) is 17.3. The molecule has 2 N–H and O–H groups in total. The molecule has 4 amide bonds. The van der Waals surface area contributed by atoms with Crippen molar-refractivity contribution in [3.63, 3.8) is 0 Å². The fourth-order valence-electron chi connectivity index (χ4n) is 9.78. The first kappa shape index (κ1) is 50.3. The average Bonchev–Trinajstić information content (AvgIpc) is 3.42. The molecule has 0 saturated heterocycles. The van der Waals surface area contributed by atoms with Crippen LogP contribution in [-0.4, -0.2) is 87.3 Å². The molecule has 0 heterocycles. The molecule has 0 radical (unpaired) electrons. The standard InChI is InChI=1S/2C29H32N2O4/c2*1-31(28(33)35-24-13-7-4-8-14-24)23-17-19-29(20-18-23,22-11-5-3-6-12-22)21-30-27(32)25-15-9-10-16-26(25)34-2/h2*3-16,23H,17-21H2,1-2H3,(H,30,32). The number of hydrogen-bond acceptors (Lipinski definition) is 8. The molecule has 12 nitrogen and oxygen atoms in total. The summed E-state index contributed by atoms with van der Waals surface area (Å²) in [6.45, 7) is 1.03. The molecule has 0 unspecified atom stereocenters. The van der Waals surface area contributed by atoms with Crippen LogP contribution in [0.2, 0.25) is 0 Å². The fraction of sp³-hybridized carbons (Fsp3) is 0.310. The quantitative estimate of drug-likeness (QED) is 0.110. The van der Waals surface area contributed by atoms with Crippen molar-refractivity contribution in [2.24, 2.45) is 0 Å².